The van der Waals surface area contributed by atoms with Gasteiger partial charge in [0.15, 0.2) is 0 Å². The lowest BCUT2D eigenvalue weighted by atomic mass is 10.1. The molecule has 0 saturated carbocycles. The summed E-state index contributed by atoms with van der Waals surface area (Å²) in [4.78, 5) is 74.3. The first-order valence-electron chi connectivity index (χ1n) is 10.3. The number of H-pyrrole nitrogens is 2. The molecule has 0 bridgehead atoms. The van der Waals surface area contributed by atoms with Crippen molar-refractivity contribution in [2.24, 2.45) is 11.5 Å². The predicted octanol–water partition coefficient (Wildman–Crippen LogP) is -3.41. The lowest BCUT2D eigenvalue weighted by molar-refractivity contribution is -0.143. The summed E-state index contributed by atoms with van der Waals surface area (Å²) < 4.78 is 0. The minimum atomic E-state index is -1.60. The number of nitrogens with one attached hydrogen (secondary N) is 5. The lowest BCUT2D eigenvalue weighted by Crippen LogP contribution is -2.58. The van der Waals surface area contributed by atoms with E-state index in [1.165, 1.54) is 25.0 Å². The number of aromatic amines is 2. The first-order chi connectivity index (χ1) is 16.6. The molecule has 2 aromatic rings. The SMILES string of the molecule is NC(=O)CC(NC(=O)C(Cc1cnc[nH]1)NC(=O)C(Cc1cnc[nH]1)NC(=O)C(N)CS)C(=O)O. The Labute approximate surface area is 204 Å². The van der Waals surface area contributed by atoms with Crippen LogP contribution in [0, 0.1) is 0 Å². The summed E-state index contributed by atoms with van der Waals surface area (Å²) in [6.45, 7) is 0. The number of imidazole rings is 2. The third-order valence-electron chi connectivity index (χ3n) is 4.78. The predicted molar refractivity (Wildman–Crippen MR) is 124 cm³/mol. The fourth-order valence-electron chi connectivity index (χ4n) is 2.96. The van der Waals surface area contributed by atoms with Crippen LogP contribution >= 0.6 is 12.6 Å². The van der Waals surface area contributed by atoms with E-state index in [9.17, 15) is 29.1 Å². The zero-order chi connectivity index (χ0) is 26.0. The molecule has 2 aromatic heterocycles. The van der Waals surface area contributed by atoms with Gasteiger partial charge in [-0.2, -0.15) is 12.6 Å². The number of hydrogen-bond donors (Lipinski definition) is 9. The average Bonchev–Trinajstić information content (AvgIpc) is 3.50. The first-order valence-corrected chi connectivity index (χ1v) is 11.0. The largest absolute Gasteiger partial charge is 0.480 e. The maximum Gasteiger partial charge on any atom is 0.326 e. The number of rotatable bonds is 14. The average molecular weight is 510 g/mol. The molecule has 35 heavy (non-hydrogen) atoms. The number of carbonyl (C=O) groups excluding carboxylic acids is 4. The smallest absolute Gasteiger partial charge is 0.326 e. The number of amides is 4. The molecule has 0 aliphatic carbocycles. The van der Waals surface area contributed by atoms with Crippen molar-refractivity contribution < 1.29 is 29.1 Å². The first kappa shape index (κ1) is 27.3. The van der Waals surface area contributed by atoms with Crippen LogP contribution < -0.4 is 27.4 Å². The van der Waals surface area contributed by atoms with Crippen LogP contribution in [-0.2, 0) is 36.8 Å². The van der Waals surface area contributed by atoms with Crippen molar-refractivity contribution in [2.45, 2.75) is 43.4 Å². The highest BCUT2D eigenvalue weighted by atomic mass is 32.1. The van der Waals surface area contributed by atoms with E-state index in [4.69, 9.17) is 11.5 Å². The lowest BCUT2D eigenvalue weighted by Gasteiger charge is -2.24. The number of nitrogens with two attached hydrogens (primary N) is 2. The Morgan fingerprint density at radius 2 is 1.34 bits per heavy atom. The molecular formula is C19H27N9O6S. The molecule has 2 rings (SSSR count). The second kappa shape index (κ2) is 13.1. The van der Waals surface area contributed by atoms with Crippen LogP contribution in [0.2, 0.25) is 0 Å². The van der Waals surface area contributed by atoms with Crippen LogP contribution in [0.5, 0.6) is 0 Å². The second-order valence-corrected chi connectivity index (χ2v) is 7.91. The van der Waals surface area contributed by atoms with Crippen LogP contribution in [0.15, 0.2) is 25.0 Å². The summed E-state index contributed by atoms with van der Waals surface area (Å²) in [7, 11) is 0. The highest BCUT2D eigenvalue weighted by molar-refractivity contribution is 7.80. The van der Waals surface area contributed by atoms with Gasteiger partial charge in [-0.15, -0.1) is 0 Å². The number of carboxylic acid groups (broad SMARTS) is 1. The Bertz CT molecular complexity index is 1010. The topological polar surface area (TPSA) is 251 Å². The number of aliphatic carboxylic acids is 1. The molecule has 4 amide bonds. The maximum absolute atomic E-state index is 13.1. The molecule has 0 spiro atoms. The Balaban J connectivity index is 2.23. The highest BCUT2D eigenvalue weighted by Crippen LogP contribution is 2.05. The van der Waals surface area contributed by atoms with Crippen LogP contribution in [0.1, 0.15) is 17.8 Å². The van der Waals surface area contributed by atoms with Crippen molar-refractivity contribution in [3.05, 3.63) is 36.4 Å². The summed E-state index contributed by atoms with van der Waals surface area (Å²) in [6, 6.07) is -5.04. The molecule has 15 nitrogen and oxygen atoms in total. The number of hydrogen-bond acceptors (Lipinski definition) is 9. The Kier molecular flexibility index (Phi) is 10.2. The van der Waals surface area contributed by atoms with Gasteiger partial charge < -0.3 is 42.5 Å². The Hall–Kier alpha value is -3.92. The molecule has 16 heteroatoms. The molecule has 0 aliphatic rings. The van der Waals surface area contributed by atoms with Gasteiger partial charge in [0, 0.05) is 42.4 Å². The van der Waals surface area contributed by atoms with E-state index in [2.05, 4.69) is 48.5 Å². The van der Waals surface area contributed by atoms with Crippen molar-refractivity contribution in [1.29, 1.82) is 0 Å². The zero-order valence-corrected chi connectivity index (χ0v) is 19.3. The fourth-order valence-corrected chi connectivity index (χ4v) is 3.12. The van der Waals surface area contributed by atoms with Gasteiger partial charge in [-0.05, 0) is 0 Å². The maximum atomic E-state index is 13.1. The van der Waals surface area contributed by atoms with E-state index in [0.29, 0.717) is 11.4 Å². The van der Waals surface area contributed by atoms with E-state index < -0.39 is 60.2 Å². The van der Waals surface area contributed by atoms with E-state index in [1.54, 1.807) is 0 Å². The van der Waals surface area contributed by atoms with E-state index >= 15 is 0 Å². The van der Waals surface area contributed by atoms with Crippen molar-refractivity contribution in [3.63, 3.8) is 0 Å². The number of carboxylic acids is 1. The molecule has 0 fully saturated rings. The second-order valence-electron chi connectivity index (χ2n) is 7.54. The zero-order valence-electron chi connectivity index (χ0n) is 18.4. The van der Waals surface area contributed by atoms with Gasteiger partial charge in [0.05, 0.1) is 25.1 Å². The molecule has 0 radical (unpaired) electrons. The molecule has 0 aliphatic heterocycles. The van der Waals surface area contributed by atoms with Gasteiger partial charge in [-0.1, -0.05) is 0 Å². The summed E-state index contributed by atoms with van der Waals surface area (Å²) >= 11 is 3.98. The van der Waals surface area contributed by atoms with Crippen LogP contribution in [0.4, 0.5) is 0 Å². The number of thiol groups is 1. The molecule has 0 aromatic carbocycles. The molecule has 190 valence electrons. The minimum Gasteiger partial charge on any atom is -0.480 e. The monoisotopic (exact) mass is 509 g/mol. The van der Waals surface area contributed by atoms with Crippen molar-refractivity contribution >= 4 is 42.2 Å². The number of nitrogens with zero attached hydrogens (tertiary/aromatic N) is 2. The minimum absolute atomic E-state index is 0.00527. The fraction of sp³-hybridized carbons (Fsp3) is 0.421. The summed E-state index contributed by atoms with van der Waals surface area (Å²) in [5.41, 5.74) is 11.7. The van der Waals surface area contributed by atoms with Gasteiger partial charge in [0.2, 0.25) is 23.6 Å². The van der Waals surface area contributed by atoms with Crippen molar-refractivity contribution in [1.82, 2.24) is 35.9 Å². The third kappa shape index (κ3) is 8.74. The van der Waals surface area contributed by atoms with E-state index in [0.717, 1.165) is 0 Å². The van der Waals surface area contributed by atoms with E-state index in [-0.39, 0.29) is 18.6 Å². The Morgan fingerprint density at radius 3 is 1.71 bits per heavy atom. The standard InChI is InChI=1S/C19H27N9O6S/c20-11(6-35)16(30)26-12(1-9-4-22-7-24-9)17(31)27-13(2-10-5-23-8-25-10)18(32)28-14(19(33)34)3-15(21)29/h4-5,7-8,11-14,35H,1-3,6,20H2,(H2,21,29)(H,22,24)(H,23,25)(H,26,30)(H,27,31)(H,28,32)(H,33,34). The van der Waals surface area contributed by atoms with Crippen molar-refractivity contribution in [2.75, 3.05) is 5.75 Å². The number of carbonyl (C=O) groups is 5. The molecule has 4 unspecified atom stereocenters. The molecule has 0 saturated heterocycles. The number of aromatic nitrogens is 4. The molecule has 10 N–H and O–H groups in total. The van der Waals surface area contributed by atoms with Crippen LogP contribution in [-0.4, -0.2) is 84.6 Å². The van der Waals surface area contributed by atoms with Gasteiger partial charge in [0.1, 0.15) is 18.1 Å². The van der Waals surface area contributed by atoms with E-state index in [1.807, 2.05) is 0 Å². The Morgan fingerprint density at radius 1 is 0.886 bits per heavy atom. The summed E-state index contributed by atoms with van der Waals surface area (Å²) in [6.07, 6.45) is 4.88. The highest BCUT2D eigenvalue weighted by Gasteiger charge is 2.31. The third-order valence-corrected chi connectivity index (χ3v) is 5.17. The molecular weight excluding hydrogens is 482 g/mol. The van der Waals surface area contributed by atoms with Gasteiger partial charge >= 0.3 is 5.97 Å². The molecule has 2 heterocycles. The van der Waals surface area contributed by atoms with Crippen molar-refractivity contribution in [3.8, 4) is 0 Å². The van der Waals surface area contributed by atoms with Gasteiger partial charge in [-0.3, -0.25) is 19.2 Å². The quantitative estimate of drug-likeness (QED) is 0.115. The van der Waals surface area contributed by atoms with Crippen LogP contribution in [0.3, 0.4) is 0 Å². The molecule has 4 atom stereocenters. The van der Waals surface area contributed by atoms with Crippen LogP contribution in [0.25, 0.3) is 0 Å². The number of primary amides is 1. The van der Waals surface area contributed by atoms with Gasteiger partial charge in [0.25, 0.3) is 0 Å². The summed E-state index contributed by atoms with van der Waals surface area (Å²) in [5, 5.41) is 16.5. The van der Waals surface area contributed by atoms with Gasteiger partial charge in [-0.25, -0.2) is 14.8 Å². The normalized spacial score (nSPS) is 14.2. The summed E-state index contributed by atoms with van der Waals surface area (Å²) in [5.74, 6) is -4.66.